The molecule has 0 aliphatic carbocycles. The average molecular weight is 250 g/mol. The van der Waals surface area contributed by atoms with Gasteiger partial charge in [-0.05, 0) is 12.5 Å². The smallest absolute Gasteiger partial charge is 0.373 e. The molecule has 0 amide bonds. The molecule has 0 unspecified atom stereocenters. The van der Waals surface area contributed by atoms with Gasteiger partial charge >= 0.3 is 5.97 Å². The first kappa shape index (κ1) is 12.3. The summed E-state index contributed by atoms with van der Waals surface area (Å²) in [5, 5.41) is 29.3. The van der Waals surface area contributed by atoms with Crippen molar-refractivity contribution in [2.45, 2.75) is 13.8 Å². The van der Waals surface area contributed by atoms with Crippen molar-refractivity contribution in [2.75, 3.05) is 6.61 Å². The zero-order chi connectivity index (χ0) is 13.4. The Morgan fingerprint density at radius 1 is 1.22 bits per heavy atom. The number of aromatic hydroxyl groups is 2. The Morgan fingerprint density at radius 3 is 2.56 bits per heavy atom. The molecule has 0 saturated heterocycles. The fraction of sp³-hybridized carbons (Fsp3) is 0.308. The van der Waals surface area contributed by atoms with E-state index < -0.39 is 11.7 Å². The average Bonchev–Trinajstić information content (AvgIpc) is 2.34. The summed E-state index contributed by atoms with van der Waals surface area (Å²) in [5.74, 6) is -2.18. The van der Waals surface area contributed by atoms with E-state index in [1.807, 2.05) is 0 Å². The minimum absolute atomic E-state index is 0.131. The van der Waals surface area contributed by atoms with Crippen LogP contribution in [0.15, 0.2) is 17.9 Å². The monoisotopic (exact) mass is 250 g/mol. The summed E-state index contributed by atoms with van der Waals surface area (Å²) in [6, 6.07) is 3.17. The van der Waals surface area contributed by atoms with Crippen molar-refractivity contribution in [3.8, 4) is 11.5 Å². The third kappa shape index (κ3) is 1.77. The lowest BCUT2D eigenvalue weighted by atomic mass is 9.90. The summed E-state index contributed by atoms with van der Waals surface area (Å²) in [5.41, 5.74) is 1.06. The van der Waals surface area contributed by atoms with Gasteiger partial charge in [-0.1, -0.05) is 19.1 Å². The molecule has 0 saturated carbocycles. The number of carbonyl (C=O) groups is 1. The molecule has 0 bridgehead atoms. The summed E-state index contributed by atoms with van der Waals surface area (Å²) in [6.45, 7) is 3.53. The van der Waals surface area contributed by atoms with Gasteiger partial charge in [0.05, 0.1) is 6.61 Å². The zero-order valence-electron chi connectivity index (χ0n) is 10.1. The maximum Gasteiger partial charge on any atom is 0.373 e. The zero-order valence-corrected chi connectivity index (χ0v) is 10.1. The summed E-state index contributed by atoms with van der Waals surface area (Å²) in [6.07, 6.45) is 0. The number of benzene rings is 1. The Morgan fingerprint density at radius 2 is 1.89 bits per heavy atom. The number of aliphatic hydroxyl groups excluding tert-OH is 1. The molecule has 1 aliphatic heterocycles. The molecule has 0 radical (unpaired) electrons. The van der Waals surface area contributed by atoms with E-state index in [4.69, 9.17) is 4.74 Å². The van der Waals surface area contributed by atoms with Crippen molar-refractivity contribution in [1.29, 1.82) is 0 Å². The second-order valence-electron chi connectivity index (χ2n) is 4.39. The Kier molecular flexibility index (Phi) is 2.90. The lowest BCUT2D eigenvalue weighted by Gasteiger charge is -2.23. The number of aliphatic hydroxyl groups is 1. The maximum atomic E-state index is 11.3. The molecule has 5 nitrogen and oxygen atoms in total. The lowest BCUT2D eigenvalue weighted by molar-refractivity contribution is -0.143. The molecular formula is C13H14O5. The van der Waals surface area contributed by atoms with Crippen LogP contribution < -0.4 is 0 Å². The number of hydrogen-bond donors (Lipinski definition) is 3. The molecule has 0 aromatic heterocycles. The van der Waals surface area contributed by atoms with Gasteiger partial charge in [0.2, 0.25) is 5.76 Å². The van der Waals surface area contributed by atoms with Crippen molar-refractivity contribution >= 4 is 11.5 Å². The van der Waals surface area contributed by atoms with Gasteiger partial charge in [-0.3, -0.25) is 0 Å². The van der Waals surface area contributed by atoms with Crippen LogP contribution in [0.25, 0.3) is 5.57 Å². The van der Waals surface area contributed by atoms with Crippen LogP contribution in [-0.4, -0.2) is 27.9 Å². The SMILES string of the molecule is Cc1ccc(C2=C(O)C(=O)OC[C@H]2C)c(O)c1O. The number of carbonyl (C=O) groups excluding carboxylic acids is 1. The molecule has 1 aromatic rings. The number of ether oxygens (including phenoxy) is 1. The molecule has 0 fully saturated rings. The summed E-state index contributed by atoms with van der Waals surface area (Å²) in [7, 11) is 0. The minimum Gasteiger partial charge on any atom is -0.504 e. The van der Waals surface area contributed by atoms with Gasteiger partial charge in [0, 0.05) is 17.1 Å². The fourth-order valence-corrected chi connectivity index (χ4v) is 1.99. The first-order chi connectivity index (χ1) is 8.43. The van der Waals surface area contributed by atoms with E-state index in [9.17, 15) is 20.1 Å². The predicted octanol–water partition coefficient (Wildman–Crippen LogP) is 1.87. The highest BCUT2D eigenvalue weighted by atomic mass is 16.5. The largest absolute Gasteiger partial charge is 0.504 e. The molecule has 2 rings (SSSR count). The molecule has 96 valence electrons. The lowest BCUT2D eigenvalue weighted by Crippen LogP contribution is -2.23. The number of rotatable bonds is 1. The number of phenols is 2. The van der Waals surface area contributed by atoms with Crippen LogP contribution in [0.1, 0.15) is 18.1 Å². The van der Waals surface area contributed by atoms with E-state index >= 15 is 0 Å². The van der Waals surface area contributed by atoms with E-state index in [-0.39, 0.29) is 29.6 Å². The maximum absolute atomic E-state index is 11.3. The molecule has 1 aliphatic rings. The highest BCUT2D eigenvalue weighted by Gasteiger charge is 2.30. The van der Waals surface area contributed by atoms with Crippen molar-refractivity contribution in [3.63, 3.8) is 0 Å². The molecule has 3 N–H and O–H groups in total. The van der Waals surface area contributed by atoms with Crippen molar-refractivity contribution in [1.82, 2.24) is 0 Å². The summed E-state index contributed by atoms with van der Waals surface area (Å²) in [4.78, 5) is 11.3. The quantitative estimate of drug-likeness (QED) is 0.523. The van der Waals surface area contributed by atoms with Gasteiger partial charge in [-0.25, -0.2) is 4.79 Å². The van der Waals surface area contributed by atoms with E-state index in [0.717, 1.165) is 0 Å². The van der Waals surface area contributed by atoms with Crippen LogP contribution >= 0.6 is 0 Å². The number of hydrogen-bond acceptors (Lipinski definition) is 5. The van der Waals surface area contributed by atoms with Gasteiger partial charge in [0.1, 0.15) is 0 Å². The molecule has 1 atom stereocenters. The topological polar surface area (TPSA) is 87.0 Å². The number of esters is 1. The van der Waals surface area contributed by atoms with Crippen LogP contribution in [0, 0.1) is 12.8 Å². The van der Waals surface area contributed by atoms with E-state index in [1.54, 1.807) is 26.0 Å². The standard InChI is InChI=1S/C13H14O5/c1-6-3-4-8(11(15)10(6)14)9-7(2)5-18-13(17)12(9)16/h3-4,7,14-16H,5H2,1-2H3/t7-/m1/s1. The highest BCUT2D eigenvalue weighted by Crippen LogP contribution is 2.40. The Labute approximate surface area is 104 Å². The normalized spacial score (nSPS) is 19.9. The first-order valence-electron chi connectivity index (χ1n) is 5.55. The third-order valence-corrected chi connectivity index (χ3v) is 3.05. The van der Waals surface area contributed by atoms with Crippen molar-refractivity contribution < 1.29 is 24.9 Å². The Balaban J connectivity index is 2.64. The molecular weight excluding hydrogens is 236 g/mol. The minimum atomic E-state index is -0.817. The van der Waals surface area contributed by atoms with Crippen LogP contribution in [0.2, 0.25) is 0 Å². The van der Waals surface area contributed by atoms with Gasteiger partial charge < -0.3 is 20.1 Å². The second kappa shape index (κ2) is 4.25. The second-order valence-corrected chi connectivity index (χ2v) is 4.39. The van der Waals surface area contributed by atoms with E-state index in [2.05, 4.69) is 0 Å². The van der Waals surface area contributed by atoms with Crippen LogP contribution in [0.4, 0.5) is 0 Å². The van der Waals surface area contributed by atoms with Crippen molar-refractivity contribution in [2.24, 2.45) is 5.92 Å². The molecule has 5 heteroatoms. The van der Waals surface area contributed by atoms with Crippen molar-refractivity contribution in [3.05, 3.63) is 29.0 Å². The fourth-order valence-electron chi connectivity index (χ4n) is 1.99. The molecule has 1 heterocycles. The van der Waals surface area contributed by atoms with Crippen LogP contribution in [0.3, 0.4) is 0 Å². The van der Waals surface area contributed by atoms with Crippen LogP contribution in [-0.2, 0) is 9.53 Å². The summed E-state index contributed by atoms with van der Waals surface area (Å²) < 4.78 is 4.76. The molecule has 0 spiro atoms. The van der Waals surface area contributed by atoms with E-state index in [1.165, 1.54) is 0 Å². The van der Waals surface area contributed by atoms with E-state index in [0.29, 0.717) is 11.1 Å². The molecule has 1 aromatic carbocycles. The Hall–Kier alpha value is -2.17. The first-order valence-corrected chi connectivity index (χ1v) is 5.55. The van der Waals surface area contributed by atoms with Gasteiger partial charge in [0.25, 0.3) is 0 Å². The highest BCUT2D eigenvalue weighted by molar-refractivity contribution is 5.98. The predicted molar refractivity (Wildman–Crippen MR) is 64.2 cm³/mol. The van der Waals surface area contributed by atoms with Gasteiger partial charge in [0.15, 0.2) is 11.5 Å². The number of aryl methyl sites for hydroxylation is 1. The summed E-state index contributed by atoms with van der Waals surface area (Å²) >= 11 is 0. The van der Waals surface area contributed by atoms with Gasteiger partial charge in [-0.15, -0.1) is 0 Å². The third-order valence-electron chi connectivity index (χ3n) is 3.05. The van der Waals surface area contributed by atoms with Gasteiger partial charge in [-0.2, -0.15) is 0 Å². The van der Waals surface area contributed by atoms with Crippen LogP contribution in [0.5, 0.6) is 11.5 Å². The number of cyclic esters (lactones) is 1. The Bertz CT molecular complexity index is 545. The number of phenolic OH excluding ortho intramolecular Hbond substituents is 2. The molecule has 18 heavy (non-hydrogen) atoms.